The highest BCUT2D eigenvalue weighted by Crippen LogP contribution is 2.41. The third-order valence-electron chi connectivity index (χ3n) is 3.23. The molecule has 1 atom stereocenters. The van der Waals surface area contributed by atoms with Crippen molar-refractivity contribution < 1.29 is 4.79 Å². The topological polar surface area (TPSA) is 29.1 Å². The first-order valence-electron chi connectivity index (χ1n) is 6.03. The van der Waals surface area contributed by atoms with Crippen LogP contribution < -0.4 is 5.32 Å². The highest BCUT2D eigenvalue weighted by molar-refractivity contribution is 7.99. The number of rotatable bonds is 2. The number of carbonyl (C=O) groups excluding carboxylic acids is 1. The minimum absolute atomic E-state index is 0.000849. The van der Waals surface area contributed by atoms with E-state index in [2.05, 4.69) is 17.4 Å². The number of nitrogens with one attached hydrogen (secondary N) is 1. The van der Waals surface area contributed by atoms with Gasteiger partial charge in [-0.2, -0.15) is 0 Å². The first-order valence-corrected chi connectivity index (χ1v) is 7.22. The Labute approximate surface area is 121 Å². The van der Waals surface area contributed by atoms with Crippen molar-refractivity contribution in [3.05, 3.63) is 58.6 Å². The van der Waals surface area contributed by atoms with Crippen LogP contribution >= 0.6 is 23.4 Å². The molecule has 1 amide bonds. The molecule has 0 fully saturated rings. The van der Waals surface area contributed by atoms with E-state index in [4.69, 9.17) is 11.6 Å². The Bertz CT molecular complexity index is 629. The van der Waals surface area contributed by atoms with Crippen molar-refractivity contribution in [1.29, 1.82) is 0 Å². The Morgan fingerprint density at radius 2 is 2.05 bits per heavy atom. The Hall–Kier alpha value is -1.45. The number of halogens is 1. The molecule has 2 aromatic rings. The van der Waals surface area contributed by atoms with Gasteiger partial charge < -0.3 is 5.32 Å². The van der Waals surface area contributed by atoms with Crippen LogP contribution in [0.15, 0.2) is 52.3 Å². The number of hydrogen-bond acceptors (Lipinski definition) is 2. The lowest BCUT2D eigenvalue weighted by Gasteiger charge is -2.16. The first kappa shape index (κ1) is 12.6. The fourth-order valence-corrected chi connectivity index (χ4v) is 3.66. The number of amides is 1. The van der Waals surface area contributed by atoms with Crippen molar-refractivity contribution in [1.82, 2.24) is 5.32 Å². The summed E-state index contributed by atoms with van der Waals surface area (Å²) in [5.74, 6) is 0. The average Bonchev–Trinajstić information content (AvgIpc) is 2.56. The molecule has 0 unspecified atom stereocenters. The van der Waals surface area contributed by atoms with Crippen LogP contribution in [0.25, 0.3) is 0 Å². The summed E-state index contributed by atoms with van der Waals surface area (Å²) in [6.07, 6.45) is 1.53. The van der Waals surface area contributed by atoms with E-state index in [0.29, 0.717) is 0 Å². The lowest BCUT2D eigenvalue weighted by atomic mass is 9.99. The Kier molecular flexibility index (Phi) is 3.49. The van der Waals surface area contributed by atoms with Gasteiger partial charge in [0.15, 0.2) is 0 Å². The molecule has 2 aromatic carbocycles. The number of carbonyl (C=O) groups is 1. The van der Waals surface area contributed by atoms with Gasteiger partial charge in [-0.3, -0.25) is 4.79 Å². The summed E-state index contributed by atoms with van der Waals surface area (Å²) < 4.78 is 0. The molecule has 2 nitrogen and oxygen atoms in total. The van der Waals surface area contributed by atoms with E-state index in [1.165, 1.54) is 15.4 Å². The van der Waals surface area contributed by atoms with Crippen LogP contribution in [0, 0.1) is 0 Å². The van der Waals surface area contributed by atoms with E-state index in [1.54, 1.807) is 11.8 Å². The van der Waals surface area contributed by atoms with E-state index in [0.717, 1.165) is 23.4 Å². The van der Waals surface area contributed by atoms with Crippen molar-refractivity contribution in [3.63, 3.8) is 0 Å². The SMILES string of the molecule is O=CN[C@@H]1Cc2cc(Cl)ccc2Sc2ccccc21. The molecule has 19 heavy (non-hydrogen) atoms. The number of fused-ring (bicyclic) bond motifs is 2. The lowest BCUT2D eigenvalue weighted by Crippen LogP contribution is -2.21. The van der Waals surface area contributed by atoms with Gasteiger partial charge in [-0.15, -0.1) is 0 Å². The van der Waals surface area contributed by atoms with Gasteiger partial charge in [0, 0.05) is 14.8 Å². The van der Waals surface area contributed by atoms with E-state index in [1.807, 2.05) is 30.3 Å². The van der Waals surface area contributed by atoms with Gasteiger partial charge in [-0.05, 0) is 41.8 Å². The van der Waals surface area contributed by atoms with Gasteiger partial charge in [0.1, 0.15) is 0 Å². The Morgan fingerprint density at radius 3 is 2.89 bits per heavy atom. The van der Waals surface area contributed by atoms with Crippen LogP contribution in [0.2, 0.25) is 5.02 Å². The van der Waals surface area contributed by atoms with Crippen LogP contribution in [0.5, 0.6) is 0 Å². The van der Waals surface area contributed by atoms with Crippen LogP contribution in [0.3, 0.4) is 0 Å². The molecule has 0 spiro atoms. The van der Waals surface area contributed by atoms with Crippen molar-refractivity contribution in [2.75, 3.05) is 0 Å². The zero-order valence-electron chi connectivity index (χ0n) is 10.1. The normalized spacial score (nSPS) is 17.0. The van der Waals surface area contributed by atoms with Crippen molar-refractivity contribution in [3.8, 4) is 0 Å². The predicted octanol–water partition coefficient (Wildman–Crippen LogP) is 3.83. The largest absolute Gasteiger partial charge is 0.351 e. The van der Waals surface area contributed by atoms with Crippen molar-refractivity contribution >= 4 is 29.8 Å². The zero-order chi connectivity index (χ0) is 13.2. The summed E-state index contributed by atoms with van der Waals surface area (Å²) in [7, 11) is 0. The predicted molar refractivity (Wildman–Crippen MR) is 77.7 cm³/mol. The van der Waals surface area contributed by atoms with Gasteiger partial charge in [0.05, 0.1) is 6.04 Å². The zero-order valence-corrected chi connectivity index (χ0v) is 11.7. The maximum Gasteiger partial charge on any atom is 0.207 e. The monoisotopic (exact) mass is 289 g/mol. The van der Waals surface area contributed by atoms with Gasteiger partial charge in [-0.1, -0.05) is 41.6 Å². The summed E-state index contributed by atoms with van der Waals surface area (Å²) in [6, 6.07) is 14.1. The maximum absolute atomic E-state index is 10.8. The summed E-state index contributed by atoms with van der Waals surface area (Å²) in [4.78, 5) is 13.2. The second kappa shape index (κ2) is 5.27. The molecule has 96 valence electrons. The molecular formula is C15H12ClNOS. The van der Waals surface area contributed by atoms with Crippen LogP contribution in [0.1, 0.15) is 17.2 Å². The highest BCUT2D eigenvalue weighted by Gasteiger charge is 2.21. The lowest BCUT2D eigenvalue weighted by molar-refractivity contribution is -0.110. The van der Waals surface area contributed by atoms with Gasteiger partial charge in [-0.25, -0.2) is 0 Å². The molecule has 1 heterocycles. The summed E-state index contributed by atoms with van der Waals surface area (Å²) in [5.41, 5.74) is 2.33. The molecular weight excluding hydrogens is 278 g/mol. The molecule has 1 N–H and O–H groups in total. The molecule has 0 aliphatic carbocycles. The van der Waals surface area contributed by atoms with Gasteiger partial charge >= 0.3 is 0 Å². The van der Waals surface area contributed by atoms with Crippen LogP contribution in [0.4, 0.5) is 0 Å². The van der Waals surface area contributed by atoms with Gasteiger partial charge in [0.25, 0.3) is 0 Å². The molecule has 1 aliphatic rings. The molecule has 1 aliphatic heterocycles. The smallest absolute Gasteiger partial charge is 0.207 e. The summed E-state index contributed by atoms with van der Waals surface area (Å²) in [6.45, 7) is 0. The first-order chi connectivity index (χ1) is 9.28. The fourth-order valence-electron chi connectivity index (χ4n) is 2.35. The minimum atomic E-state index is 0.000849. The molecule has 0 saturated carbocycles. The third-order valence-corrected chi connectivity index (χ3v) is 4.68. The molecule has 3 rings (SSSR count). The maximum atomic E-state index is 10.8. The average molecular weight is 290 g/mol. The molecule has 0 aromatic heterocycles. The van der Waals surface area contributed by atoms with Crippen molar-refractivity contribution in [2.45, 2.75) is 22.3 Å². The quantitative estimate of drug-likeness (QED) is 0.851. The Balaban J connectivity index is 2.11. The highest BCUT2D eigenvalue weighted by atomic mass is 35.5. The molecule has 0 bridgehead atoms. The fraction of sp³-hybridized carbons (Fsp3) is 0.133. The van der Waals surface area contributed by atoms with Gasteiger partial charge in [0.2, 0.25) is 6.41 Å². The van der Waals surface area contributed by atoms with E-state index < -0.39 is 0 Å². The van der Waals surface area contributed by atoms with Crippen molar-refractivity contribution in [2.24, 2.45) is 0 Å². The van der Waals surface area contributed by atoms with Crippen LogP contribution in [-0.4, -0.2) is 6.41 Å². The number of hydrogen-bond donors (Lipinski definition) is 1. The second-order valence-electron chi connectivity index (χ2n) is 4.43. The molecule has 0 saturated heterocycles. The van der Waals surface area contributed by atoms with E-state index >= 15 is 0 Å². The van der Waals surface area contributed by atoms with Crippen LogP contribution in [-0.2, 0) is 11.2 Å². The summed E-state index contributed by atoms with van der Waals surface area (Å²) in [5, 5.41) is 3.64. The molecule has 0 radical (unpaired) electrons. The third kappa shape index (κ3) is 2.48. The standard InChI is InChI=1S/C15H12ClNOS/c16-11-5-6-14-10(7-11)8-13(17-9-18)12-3-1-2-4-15(12)19-14/h1-7,9,13H,8H2,(H,17,18)/t13-/m1/s1. The summed E-state index contributed by atoms with van der Waals surface area (Å²) >= 11 is 7.79. The minimum Gasteiger partial charge on any atom is -0.351 e. The van der Waals surface area contributed by atoms with E-state index in [9.17, 15) is 4.79 Å². The Morgan fingerprint density at radius 1 is 1.21 bits per heavy atom. The molecule has 4 heteroatoms. The van der Waals surface area contributed by atoms with E-state index in [-0.39, 0.29) is 6.04 Å². The number of benzene rings is 2. The second-order valence-corrected chi connectivity index (χ2v) is 5.95.